The van der Waals surface area contributed by atoms with E-state index >= 15 is 0 Å². The standard InChI is InChI=1S/C19H22N2O4/c1-11-16-14(21-23)9-19(2,3)10-15(16)25-17(11)18(22)20-12-6-5-7-13(8-12)24-4/h5-8,23H,9-10H2,1-4H3,(H,20,22)/b21-14-. The van der Waals surface area contributed by atoms with Crippen molar-refractivity contribution in [2.45, 2.75) is 33.6 Å². The molecule has 2 N–H and O–H groups in total. The molecule has 3 rings (SSSR count). The van der Waals surface area contributed by atoms with E-state index in [9.17, 15) is 10.0 Å². The van der Waals surface area contributed by atoms with Crippen molar-refractivity contribution in [3.63, 3.8) is 0 Å². The maximum Gasteiger partial charge on any atom is 0.291 e. The summed E-state index contributed by atoms with van der Waals surface area (Å²) in [5, 5.41) is 15.6. The molecular weight excluding hydrogens is 320 g/mol. The van der Waals surface area contributed by atoms with Crippen LogP contribution in [0.15, 0.2) is 33.8 Å². The van der Waals surface area contributed by atoms with Gasteiger partial charge in [0.15, 0.2) is 5.76 Å². The fraction of sp³-hybridized carbons (Fsp3) is 0.368. The highest BCUT2D eigenvalue weighted by Gasteiger charge is 2.36. The van der Waals surface area contributed by atoms with Crippen molar-refractivity contribution in [2.24, 2.45) is 10.6 Å². The van der Waals surface area contributed by atoms with Crippen molar-refractivity contribution in [1.29, 1.82) is 0 Å². The molecule has 6 heteroatoms. The van der Waals surface area contributed by atoms with Crippen LogP contribution in [0.5, 0.6) is 5.75 Å². The second kappa shape index (κ2) is 6.27. The molecular formula is C19H22N2O4. The van der Waals surface area contributed by atoms with Gasteiger partial charge in [-0.25, -0.2) is 0 Å². The van der Waals surface area contributed by atoms with Gasteiger partial charge < -0.3 is 19.7 Å². The number of anilines is 1. The van der Waals surface area contributed by atoms with Gasteiger partial charge in [0.1, 0.15) is 11.5 Å². The van der Waals surface area contributed by atoms with E-state index in [0.717, 1.165) is 5.56 Å². The molecule has 1 aliphatic carbocycles. The summed E-state index contributed by atoms with van der Waals surface area (Å²) in [5.74, 6) is 1.25. The van der Waals surface area contributed by atoms with Gasteiger partial charge in [0, 0.05) is 29.3 Å². The van der Waals surface area contributed by atoms with Crippen molar-refractivity contribution in [3.8, 4) is 5.75 Å². The smallest absolute Gasteiger partial charge is 0.291 e. The van der Waals surface area contributed by atoms with Crippen LogP contribution in [0.3, 0.4) is 0 Å². The second-order valence-corrected chi connectivity index (χ2v) is 7.10. The highest BCUT2D eigenvalue weighted by Crippen LogP contribution is 2.39. The molecule has 0 atom stereocenters. The van der Waals surface area contributed by atoms with Gasteiger partial charge in [0.2, 0.25) is 0 Å². The summed E-state index contributed by atoms with van der Waals surface area (Å²) < 4.78 is 11.0. The van der Waals surface area contributed by atoms with Gasteiger partial charge in [-0.1, -0.05) is 25.1 Å². The first kappa shape index (κ1) is 17.1. The lowest BCUT2D eigenvalue weighted by atomic mass is 9.75. The minimum absolute atomic E-state index is 0.0839. The molecule has 0 bridgehead atoms. The summed E-state index contributed by atoms with van der Waals surface area (Å²) in [6.45, 7) is 5.97. The first-order chi connectivity index (χ1) is 11.8. The number of methoxy groups -OCH3 is 1. The monoisotopic (exact) mass is 342 g/mol. The second-order valence-electron chi connectivity index (χ2n) is 7.10. The number of amides is 1. The summed E-state index contributed by atoms with van der Waals surface area (Å²) in [6.07, 6.45) is 1.32. The first-order valence-electron chi connectivity index (χ1n) is 8.13. The molecule has 1 aliphatic rings. The lowest BCUT2D eigenvalue weighted by Crippen LogP contribution is -2.27. The van der Waals surface area contributed by atoms with Crippen molar-refractivity contribution in [3.05, 3.63) is 46.9 Å². The zero-order valence-corrected chi connectivity index (χ0v) is 14.8. The number of fused-ring (bicyclic) bond motifs is 1. The van der Waals surface area contributed by atoms with Crippen LogP contribution in [-0.4, -0.2) is 23.9 Å². The highest BCUT2D eigenvalue weighted by molar-refractivity contribution is 6.09. The Hall–Kier alpha value is -2.76. The first-order valence-corrected chi connectivity index (χ1v) is 8.13. The molecule has 0 radical (unpaired) electrons. The number of oxime groups is 1. The van der Waals surface area contributed by atoms with E-state index in [1.165, 1.54) is 0 Å². The van der Waals surface area contributed by atoms with Gasteiger partial charge in [-0.05, 0) is 30.9 Å². The van der Waals surface area contributed by atoms with E-state index in [1.54, 1.807) is 31.4 Å². The molecule has 0 spiro atoms. The Labute approximate surface area is 146 Å². The Morgan fingerprint density at radius 1 is 1.36 bits per heavy atom. The fourth-order valence-corrected chi connectivity index (χ4v) is 3.30. The van der Waals surface area contributed by atoms with E-state index in [1.807, 2.05) is 6.92 Å². The molecule has 0 unspecified atom stereocenters. The predicted molar refractivity (Wildman–Crippen MR) is 94.8 cm³/mol. The molecule has 6 nitrogen and oxygen atoms in total. The number of nitrogens with one attached hydrogen (secondary N) is 1. The normalized spacial score (nSPS) is 17.2. The summed E-state index contributed by atoms with van der Waals surface area (Å²) in [5.41, 5.74) is 2.54. The molecule has 0 aliphatic heterocycles. The summed E-state index contributed by atoms with van der Waals surface area (Å²) in [7, 11) is 1.57. The van der Waals surface area contributed by atoms with Gasteiger partial charge in [-0.15, -0.1) is 0 Å². The lowest BCUT2D eigenvalue weighted by molar-refractivity contribution is 0.0993. The van der Waals surface area contributed by atoms with Crippen LogP contribution in [0.2, 0.25) is 0 Å². The number of furan rings is 1. The molecule has 1 aromatic heterocycles. The van der Waals surface area contributed by atoms with Crippen LogP contribution in [0.4, 0.5) is 5.69 Å². The third-order valence-corrected chi connectivity index (χ3v) is 4.45. The molecule has 132 valence electrons. The zero-order valence-electron chi connectivity index (χ0n) is 14.8. The maximum atomic E-state index is 12.7. The number of ether oxygens (including phenoxy) is 1. The number of benzene rings is 1. The zero-order chi connectivity index (χ0) is 18.2. The topological polar surface area (TPSA) is 84.1 Å². The Morgan fingerprint density at radius 3 is 2.80 bits per heavy atom. The summed E-state index contributed by atoms with van der Waals surface area (Å²) >= 11 is 0. The Kier molecular flexibility index (Phi) is 4.29. The Morgan fingerprint density at radius 2 is 2.12 bits per heavy atom. The molecule has 0 saturated heterocycles. The molecule has 0 saturated carbocycles. The largest absolute Gasteiger partial charge is 0.497 e. The average molecular weight is 342 g/mol. The molecule has 1 aromatic carbocycles. The van der Waals surface area contributed by atoms with Crippen LogP contribution in [0.25, 0.3) is 0 Å². The van der Waals surface area contributed by atoms with Gasteiger partial charge in [0.05, 0.1) is 12.8 Å². The highest BCUT2D eigenvalue weighted by atomic mass is 16.5. The molecule has 1 heterocycles. The van der Waals surface area contributed by atoms with Gasteiger partial charge in [-0.3, -0.25) is 4.79 Å². The minimum Gasteiger partial charge on any atom is -0.497 e. The van der Waals surface area contributed by atoms with Gasteiger partial charge in [-0.2, -0.15) is 0 Å². The predicted octanol–water partition coefficient (Wildman–Crippen LogP) is 4.00. The number of carbonyl (C=O) groups excluding carboxylic acids is 1. The van der Waals surface area contributed by atoms with Gasteiger partial charge in [0.25, 0.3) is 5.91 Å². The van der Waals surface area contributed by atoms with E-state index in [0.29, 0.717) is 41.3 Å². The number of rotatable bonds is 3. The summed E-state index contributed by atoms with van der Waals surface area (Å²) in [4.78, 5) is 12.7. The maximum absolute atomic E-state index is 12.7. The molecule has 2 aromatic rings. The lowest BCUT2D eigenvalue weighted by Gasteiger charge is -2.28. The third-order valence-electron chi connectivity index (χ3n) is 4.45. The third kappa shape index (κ3) is 3.24. The van der Waals surface area contributed by atoms with Crippen LogP contribution in [0.1, 0.15) is 47.7 Å². The summed E-state index contributed by atoms with van der Waals surface area (Å²) in [6, 6.07) is 7.12. The SMILES string of the molecule is COc1cccc(NC(=O)c2oc3c(c2C)/C(=N\O)CC(C)(C)C3)c1. The van der Waals surface area contributed by atoms with Gasteiger partial charge >= 0.3 is 0 Å². The molecule has 25 heavy (non-hydrogen) atoms. The molecule has 0 fully saturated rings. The Balaban J connectivity index is 1.93. The quantitative estimate of drug-likeness (QED) is 0.652. The van der Waals surface area contributed by atoms with Crippen LogP contribution in [-0.2, 0) is 6.42 Å². The fourth-order valence-electron chi connectivity index (χ4n) is 3.30. The van der Waals surface area contributed by atoms with E-state index < -0.39 is 0 Å². The van der Waals surface area contributed by atoms with Crippen molar-refractivity contribution in [2.75, 3.05) is 12.4 Å². The number of carbonyl (C=O) groups is 1. The van der Waals surface area contributed by atoms with Crippen molar-refractivity contribution >= 4 is 17.3 Å². The number of nitrogens with zero attached hydrogens (tertiary/aromatic N) is 1. The Bertz CT molecular complexity index is 849. The minimum atomic E-state index is -0.338. The van der Waals surface area contributed by atoms with E-state index in [2.05, 4.69) is 24.3 Å². The number of hydrogen-bond acceptors (Lipinski definition) is 5. The van der Waals surface area contributed by atoms with E-state index in [-0.39, 0.29) is 17.1 Å². The van der Waals surface area contributed by atoms with Crippen molar-refractivity contribution < 1.29 is 19.2 Å². The number of hydrogen-bond donors (Lipinski definition) is 2. The molecule has 1 amide bonds. The van der Waals surface area contributed by atoms with E-state index in [4.69, 9.17) is 9.15 Å². The van der Waals surface area contributed by atoms with Crippen LogP contribution < -0.4 is 10.1 Å². The van der Waals surface area contributed by atoms with Crippen LogP contribution in [0, 0.1) is 12.3 Å². The average Bonchev–Trinajstić information content (AvgIpc) is 2.89. The van der Waals surface area contributed by atoms with Crippen LogP contribution >= 0.6 is 0 Å². The van der Waals surface area contributed by atoms with Crippen molar-refractivity contribution in [1.82, 2.24) is 0 Å².